The predicted octanol–water partition coefficient (Wildman–Crippen LogP) is 1.26. The number of amides is 1. The second-order valence-electron chi connectivity index (χ2n) is 3.94. The normalized spacial score (nSPS) is 11.7. The average molecular weight is 248 g/mol. The molecule has 0 heterocycles. The molecule has 1 aromatic rings. The van der Waals surface area contributed by atoms with Gasteiger partial charge >= 0.3 is 0 Å². The minimum atomic E-state index is -0.538. The van der Waals surface area contributed by atoms with Gasteiger partial charge in [-0.1, -0.05) is 24.3 Å². The Balaban J connectivity index is 2.65. The molecule has 0 aliphatic carbocycles. The van der Waals surface area contributed by atoms with Gasteiger partial charge in [0.2, 0.25) is 0 Å². The van der Waals surface area contributed by atoms with E-state index in [1.165, 1.54) is 0 Å². The van der Waals surface area contributed by atoms with Gasteiger partial charge in [0, 0.05) is 6.54 Å². The lowest BCUT2D eigenvalue weighted by molar-refractivity contribution is -0.127. The molecule has 1 amide bonds. The third kappa shape index (κ3) is 4.22. The molecule has 3 N–H and O–H groups in total. The first-order chi connectivity index (χ1) is 8.69. The maximum atomic E-state index is 11.7. The van der Waals surface area contributed by atoms with Gasteiger partial charge in [-0.15, -0.1) is 6.58 Å². The number of rotatable bonds is 7. The van der Waals surface area contributed by atoms with Gasteiger partial charge in [0.15, 0.2) is 6.10 Å². The lowest BCUT2D eigenvalue weighted by Crippen LogP contribution is -2.36. The zero-order valence-corrected chi connectivity index (χ0v) is 10.7. The number of hydrogen-bond acceptors (Lipinski definition) is 3. The Morgan fingerprint density at radius 3 is 2.94 bits per heavy atom. The molecule has 0 saturated carbocycles. The van der Waals surface area contributed by atoms with Crippen LogP contribution in [0.2, 0.25) is 0 Å². The molecular weight excluding hydrogens is 228 g/mol. The van der Waals surface area contributed by atoms with E-state index < -0.39 is 6.10 Å². The van der Waals surface area contributed by atoms with Crippen LogP contribution in [0.3, 0.4) is 0 Å². The van der Waals surface area contributed by atoms with E-state index in [0.29, 0.717) is 18.8 Å². The van der Waals surface area contributed by atoms with Crippen LogP contribution in [0.25, 0.3) is 0 Å². The number of para-hydroxylation sites is 1. The highest BCUT2D eigenvalue weighted by Crippen LogP contribution is 2.19. The van der Waals surface area contributed by atoms with Gasteiger partial charge in [0.25, 0.3) is 5.91 Å². The Morgan fingerprint density at radius 1 is 1.56 bits per heavy atom. The van der Waals surface area contributed by atoms with Crippen molar-refractivity contribution in [3.05, 3.63) is 42.5 Å². The van der Waals surface area contributed by atoms with Crippen LogP contribution in [0, 0.1) is 0 Å². The summed E-state index contributed by atoms with van der Waals surface area (Å²) in [4.78, 5) is 11.7. The number of nitrogens with two attached hydrogens (primary N) is 1. The number of nitrogens with one attached hydrogen (secondary N) is 1. The van der Waals surface area contributed by atoms with Gasteiger partial charge in [-0.2, -0.15) is 0 Å². The second-order valence-corrected chi connectivity index (χ2v) is 3.94. The van der Waals surface area contributed by atoms with Crippen LogP contribution in [0.4, 0.5) is 0 Å². The molecule has 0 spiro atoms. The molecule has 0 aliphatic heterocycles. The quantitative estimate of drug-likeness (QED) is 0.714. The molecule has 18 heavy (non-hydrogen) atoms. The van der Waals surface area contributed by atoms with Crippen molar-refractivity contribution < 1.29 is 9.53 Å². The maximum absolute atomic E-state index is 11.7. The first-order valence-corrected chi connectivity index (χ1v) is 6.02. The Bertz CT molecular complexity index is 405. The van der Waals surface area contributed by atoms with Crippen molar-refractivity contribution in [2.45, 2.75) is 19.4 Å². The third-order valence-corrected chi connectivity index (χ3v) is 2.48. The average Bonchev–Trinajstić information content (AvgIpc) is 2.38. The number of ether oxygens (including phenoxy) is 1. The summed E-state index contributed by atoms with van der Waals surface area (Å²) in [5.41, 5.74) is 6.56. The molecule has 1 atom stereocenters. The van der Waals surface area contributed by atoms with Crippen LogP contribution >= 0.6 is 0 Å². The van der Waals surface area contributed by atoms with Gasteiger partial charge in [-0.25, -0.2) is 0 Å². The van der Waals surface area contributed by atoms with Crippen LogP contribution < -0.4 is 15.8 Å². The Hall–Kier alpha value is -1.81. The summed E-state index contributed by atoms with van der Waals surface area (Å²) in [5.74, 6) is 0.557. The number of carbonyl (C=O) groups excluding carboxylic acids is 1. The Kier molecular flexibility index (Phi) is 5.94. The summed E-state index contributed by atoms with van der Waals surface area (Å²) in [5, 5.41) is 2.70. The van der Waals surface area contributed by atoms with Crippen molar-refractivity contribution >= 4 is 5.91 Å². The lowest BCUT2D eigenvalue weighted by Gasteiger charge is -2.16. The summed E-state index contributed by atoms with van der Waals surface area (Å²) >= 11 is 0. The molecule has 98 valence electrons. The van der Waals surface area contributed by atoms with Crippen LogP contribution in [0.1, 0.15) is 12.5 Å². The summed E-state index contributed by atoms with van der Waals surface area (Å²) in [6.07, 6.45) is 1.83. The molecule has 4 heteroatoms. The predicted molar refractivity (Wildman–Crippen MR) is 72.5 cm³/mol. The number of carbonyl (C=O) groups is 1. The van der Waals surface area contributed by atoms with E-state index in [2.05, 4.69) is 11.9 Å². The highest BCUT2D eigenvalue weighted by molar-refractivity contribution is 5.80. The van der Waals surface area contributed by atoms with Crippen molar-refractivity contribution in [3.63, 3.8) is 0 Å². The fourth-order valence-corrected chi connectivity index (χ4v) is 1.54. The van der Waals surface area contributed by atoms with E-state index in [4.69, 9.17) is 10.5 Å². The van der Waals surface area contributed by atoms with E-state index in [1.807, 2.05) is 24.3 Å². The highest BCUT2D eigenvalue weighted by Gasteiger charge is 2.14. The standard InChI is InChI=1S/C14H20N2O2/c1-3-10-16-14(17)11(2)18-13-7-5-4-6-12(13)8-9-15/h3-7,11H,1,8-10,15H2,2H3,(H,16,17). The van der Waals surface area contributed by atoms with E-state index in [9.17, 15) is 4.79 Å². The molecule has 0 bridgehead atoms. The molecule has 0 aliphatic rings. The first kappa shape index (κ1) is 14.3. The molecule has 1 aromatic carbocycles. The Labute approximate surface area is 108 Å². The van der Waals surface area contributed by atoms with Crippen LogP contribution in [-0.2, 0) is 11.2 Å². The largest absolute Gasteiger partial charge is 0.481 e. The zero-order chi connectivity index (χ0) is 13.4. The van der Waals surface area contributed by atoms with Crippen molar-refractivity contribution in [2.75, 3.05) is 13.1 Å². The molecule has 0 fully saturated rings. The molecule has 4 nitrogen and oxygen atoms in total. The summed E-state index contributed by atoms with van der Waals surface area (Å²) in [6, 6.07) is 7.61. The van der Waals surface area contributed by atoms with Crippen molar-refractivity contribution in [2.24, 2.45) is 5.73 Å². The fraction of sp³-hybridized carbons (Fsp3) is 0.357. The van der Waals surface area contributed by atoms with Crippen LogP contribution in [-0.4, -0.2) is 25.1 Å². The topological polar surface area (TPSA) is 64.3 Å². The van der Waals surface area contributed by atoms with Gasteiger partial charge in [0.1, 0.15) is 5.75 Å². The third-order valence-electron chi connectivity index (χ3n) is 2.48. The van der Waals surface area contributed by atoms with Crippen LogP contribution in [0.15, 0.2) is 36.9 Å². The van der Waals surface area contributed by atoms with E-state index in [1.54, 1.807) is 13.0 Å². The van der Waals surface area contributed by atoms with Crippen molar-refractivity contribution in [1.29, 1.82) is 0 Å². The van der Waals surface area contributed by atoms with Crippen LogP contribution in [0.5, 0.6) is 5.75 Å². The highest BCUT2D eigenvalue weighted by atomic mass is 16.5. The first-order valence-electron chi connectivity index (χ1n) is 6.02. The molecular formula is C14H20N2O2. The van der Waals surface area contributed by atoms with E-state index >= 15 is 0 Å². The van der Waals surface area contributed by atoms with Gasteiger partial charge in [-0.3, -0.25) is 4.79 Å². The zero-order valence-electron chi connectivity index (χ0n) is 10.7. The lowest BCUT2D eigenvalue weighted by atomic mass is 10.1. The summed E-state index contributed by atoms with van der Waals surface area (Å²) in [7, 11) is 0. The van der Waals surface area contributed by atoms with E-state index in [0.717, 1.165) is 12.0 Å². The molecule has 0 saturated heterocycles. The second kappa shape index (κ2) is 7.50. The molecule has 0 radical (unpaired) electrons. The summed E-state index contributed by atoms with van der Waals surface area (Å²) < 4.78 is 5.65. The minimum Gasteiger partial charge on any atom is -0.481 e. The molecule has 0 aromatic heterocycles. The van der Waals surface area contributed by atoms with Gasteiger partial charge < -0.3 is 15.8 Å². The minimum absolute atomic E-state index is 0.155. The fourth-order valence-electron chi connectivity index (χ4n) is 1.54. The monoisotopic (exact) mass is 248 g/mol. The summed E-state index contributed by atoms with van der Waals surface area (Å²) in [6.45, 7) is 6.26. The number of benzene rings is 1. The Morgan fingerprint density at radius 2 is 2.28 bits per heavy atom. The van der Waals surface area contributed by atoms with E-state index in [-0.39, 0.29) is 5.91 Å². The van der Waals surface area contributed by atoms with Crippen molar-refractivity contribution in [3.8, 4) is 5.75 Å². The molecule has 1 rings (SSSR count). The number of hydrogen-bond donors (Lipinski definition) is 2. The SMILES string of the molecule is C=CCNC(=O)C(C)Oc1ccccc1CCN. The van der Waals surface area contributed by atoms with Gasteiger partial charge in [0.05, 0.1) is 0 Å². The maximum Gasteiger partial charge on any atom is 0.261 e. The van der Waals surface area contributed by atoms with Crippen molar-refractivity contribution in [1.82, 2.24) is 5.32 Å². The molecule has 1 unspecified atom stereocenters. The smallest absolute Gasteiger partial charge is 0.261 e. The van der Waals surface area contributed by atoms with Gasteiger partial charge in [-0.05, 0) is 31.5 Å².